The smallest absolute Gasteiger partial charge is 0.273 e. The van der Waals surface area contributed by atoms with E-state index in [0.29, 0.717) is 11.4 Å². The first kappa shape index (κ1) is 17.9. The van der Waals surface area contributed by atoms with Gasteiger partial charge in [0.25, 0.3) is 15.9 Å². The number of aromatic nitrogens is 2. The molecule has 2 aromatic rings. The van der Waals surface area contributed by atoms with E-state index in [9.17, 15) is 8.42 Å². The summed E-state index contributed by atoms with van der Waals surface area (Å²) in [5.74, 6) is 0.791. The van der Waals surface area contributed by atoms with Crippen LogP contribution in [0.15, 0.2) is 26.4 Å². The predicted octanol–water partition coefficient (Wildman–Crippen LogP) is 0.236. The van der Waals surface area contributed by atoms with Crippen molar-refractivity contribution in [1.82, 2.24) is 25.1 Å². The van der Waals surface area contributed by atoms with Crippen molar-refractivity contribution in [2.45, 2.75) is 11.1 Å². The fourth-order valence-corrected chi connectivity index (χ4v) is 2.91. The number of halogens is 1. The minimum Gasteiger partial charge on any atom is -0.451 e. The molecule has 128 valence electrons. The first-order valence-electron chi connectivity index (χ1n) is 6.78. The lowest BCUT2D eigenvalue weighted by atomic mass is 10.2. The van der Waals surface area contributed by atoms with Crippen molar-refractivity contribution in [1.29, 1.82) is 0 Å². The maximum Gasteiger partial charge on any atom is 0.273 e. The molecule has 0 amide bonds. The van der Waals surface area contributed by atoms with E-state index in [-0.39, 0.29) is 29.4 Å². The molecule has 1 aliphatic rings. The number of likely N-dealkylation sites (N-methyl/N-ethyl adjacent to an activating group) is 1. The standard InChI is InChI=1S/C12H17N5O4S.ClH/c1-13-22(18,19)10-5-8(7-20-10)12-15-11(16-21-12)9-6-14-3-4-17(9)2;/h5,7,9,13-14H,3-4,6H2,1-2H3;1H. The number of rotatable bonds is 4. The van der Waals surface area contributed by atoms with Crippen LogP contribution in [0, 0.1) is 0 Å². The molecule has 2 aromatic heterocycles. The highest BCUT2D eigenvalue weighted by molar-refractivity contribution is 7.89. The number of hydrogen-bond acceptors (Lipinski definition) is 8. The van der Waals surface area contributed by atoms with Gasteiger partial charge in [0.2, 0.25) is 5.09 Å². The van der Waals surface area contributed by atoms with Gasteiger partial charge in [-0.25, -0.2) is 13.1 Å². The minimum absolute atomic E-state index is 0. The molecule has 1 aliphatic heterocycles. The fraction of sp³-hybridized carbons (Fsp3) is 0.500. The van der Waals surface area contributed by atoms with Gasteiger partial charge in [-0.2, -0.15) is 4.98 Å². The number of nitrogens with one attached hydrogen (secondary N) is 2. The Morgan fingerprint density at radius 3 is 2.96 bits per heavy atom. The topological polar surface area (TPSA) is 114 Å². The van der Waals surface area contributed by atoms with Crippen LogP contribution in [0.25, 0.3) is 11.5 Å². The Balaban J connectivity index is 0.00000192. The summed E-state index contributed by atoms with van der Waals surface area (Å²) >= 11 is 0. The Hall–Kier alpha value is -1.46. The summed E-state index contributed by atoms with van der Waals surface area (Å²) in [6, 6.07) is 1.38. The molecule has 1 unspecified atom stereocenters. The average molecular weight is 364 g/mol. The molecule has 9 nitrogen and oxygen atoms in total. The second-order valence-electron chi connectivity index (χ2n) is 5.02. The van der Waals surface area contributed by atoms with Gasteiger partial charge in [0.1, 0.15) is 6.26 Å². The van der Waals surface area contributed by atoms with E-state index < -0.39 is 10.0 Å². The van der Waals surface area contributed by atoms with Crippen molar-refractivity contribution in [3.63, 3.8) is 0 Å². The van der Waals surface area contributed by atoms with Gasteiger partial charge in [-0.15, -0.1) is 12.4 Å². The van der Waals surface area contributed by atoms with Crippen LogP contribution in [0.3, 0.4) is 0 Å². The van der Waals surface area contributed by atoms with Crippen molar-refractivity contribution in [3.8, 4) is 11.5 Å². The molecule has 3 heterocycles. The van der Waals surface area contributed by atoms with E-state index in [0.717, 1.165) is 19.6 Å². The van der Waals surface area contributed by atoms with E-state index in [4.69, 9.17) is 8.94 Å². The van der Waals surface area contributed by atoms with Gasteiger partial charge < -0.3 is 14.3 Å². The lowest BCUT2D eigenvalue weighted by Crippen LogP contribution is -2.44. The number of piperazine rings is 1. The molecule has 2 N–H and O–H groups in total. The van der Waals surface area contributed by atoms with Gasteiger partial charge in [0.05, 0.1) is 11.6 Å². The average Bonchev–Trinajstić information content (AvgIpc) is 3.17. The summed E-state index contributed by atoms with van der Waals surface area (Å²) in [4.78, 5) is 6.48. The van der Waals surface area contributed by atoms with Crippen molar-refractivity contribution in [2.75, 3.05) is 33.7 Å². The molecular formula is C12H18ClN5O4S. The molecular weight excluding hydrogens is 346 g/mol. The largest absolute Gasteiger partial charge is 0.451 e. The van der Waals surface area contributed by atoms with Crippen molar-refractivity contribution in [2.24, 2.45) is 0 Å². The molecule has 0 saturated carbocycles. The Bertz CT molecular complexity index is 759. The Morgan fingerprint density at radius 1 is 1.48 bits per heavy atom. The van der Waals surface area contributed by atoms with E-state index >= 15 is 0 Å². The van der Waals surface area contributed by atoms with Crippen LogP contribution in [-0.2, 0) is 10.0 Å². The Morgan fingerprint density at radius 2 is 2.26 bits per heavy atom. The highest BCUT2D eigenvalue weighted by Gasteiger charge is 2.26. The fourth-order valence-electron chi connectivity index (χ4n) is 2.25. The molecule has 11 heteroatoms. The first-order chi connectivity index (χ1) is 10.5. The van der Waals surface area contributed by atoms with Crippen LogP contribution < -0.4 is 10.0 Å². The van der Waals surface area contributed by atoms with Crippen molar-refractivity contribution >= 4 is 22.4 Å². The van der Waals surface area contributed by atoms with Crippen LogP contribution in [0.4, 0.5) is 0 Å². The second kappa shape index (κ2) is 6.97. The van der Waals surface area contributed by atoms with Crippen molar-refractivity contribution in [3.05, 3.63) is 18.2 Å². The number of sulfonamides is 1. The third-order valence-corrected chi connectivity index (χ3v) is 4.89. The summed E-state index contributed by atoms with van der Waals surface area (Å²) in [7, 11) is -0.322. The summed E-state index contributed by atoms with van der Waals surface area (Å²) in [6.07, 6.45) is 1.28. The van der Waals surface area contributed by atoms with Crippen LogP contribution in [-0.4, -0.2) is 57.2 Å². The molecule has 3 rings (SSSR count). The molecule has 0 radical (unpaired) electrons. The predicted molar refractivity (Wildman–Crippen MR) is 83.7 cm³/mol. The molecule has 0 spiro atoms. The number of hydrogen-bond donors (Lipinski definition) is 2. The molecule has 0 aromatic carbocycles. The zero-order valence-corrected chi connectivity index (χ0v) is 14.3. The van der Waals surface area contributed by atoms with Gasteiger partial charge in [0, 0.05) is 25.7 Å². The van der Waals surface area contributed by atoms with Gasteiger partial charge in [-0.05, 0) is 14.1 Å². The summed E-state index contributed by atoms with van der Waals surface area (Å²) < 4.78 is 35.8. The Labute approximate surface area is 139 Å². The maximum absolute atomic E-state index is 11.7. The molecule has 0 bridgehead atoms. The third kappa shape index (κ3) is 3.56. The van der Waals surface area contributed by atoms with Gasteiger partial charge in [-0.3, -0.25) is 4.90 Å². The highest BCUT2D eigenvalue weighted by Crippen LogP contribution is 2.25. The lowest BCUT2D eigenvalue weighted by molar-refractivity contribution is 0.190. The van der Waals surface area contributed by atoms with E-state index in [1.54, 1.807) is 0 Å². The van der Waals surface area contributed by atoms with Gasteiger partial charge in [-0.1, -0.05) is 5.16 Å². The maximum atomic E-state index is 11.7. The number of nitrogens with zero attached hydrogens (tertiary/aromatic N) is 3. The zero-order valence-electron chi connectivity index (χ0n) is 12.6. The molecule has 23 heavy (non-hydrogen) atoms. The summed E-state index contributed by atoms with van der Waals surface area (Å²) in [5, 5.41) is 7.07. The summed E-state index contributed by atoms with van der Waals surface area (Å²) in [6.45, 7) is 2.55. The third-order valence-electron chi connectivity index (χ3n) is 3.61. The normalized spacial score (nSPS) is 19.5. The molecule has 1 atom stereocenters. The van der Waals surface area contributed by atoms with Gasteiger partial charge in [0.15, 0.2) is 5.82 Å². The number of furan rings is 1. The summed E-state index contributed by atoms with van der Waals surface area (Å²) in [5.41, 5.74) is 0.430. The van der Waals surface area contributed by atoms with Gasteiger partial charge >= 0.3 is 0 Å². The monoisotopic (exact) mass is 363 g/mol. The molecule has 1 fully saturated rings. The van der Waals surface area contributed by atoms with Crippen LogP contribution in [0.5, 0.6) is 0 Å². The first-order valence-corrected chi connectivity index (χ1v) is 8.26. The minimum atomic E-state index is -3.63. The zero-order chi connectivity index (χ0) is 15.7. The van der Waals surface area contributed by atoms with Crippen LogP contribution in [0.1, 0.15) is 11.9 Å². The second-order valence-corrected chi connectivity index (χ2v) is 6.84. The quantitative estimate of drug-likeness (QED) is 0.793. The lowest BCUT2D eigenvalue weighted by Gasteiger charge is -2.30. The molecule has 1 saturated heterocycles. The SMILES string of the molecule is CNS(=O)(=O)c1cc(-c2nc(C3CNCCN3C)no2)co1.Cl. The van der Waals surface area contributed by atoms with E-state index in [1.807, 2.05) is 7.05 Å². The van der Waals surface area contributed by atoms with Crippen LogP contribution in [0.2, 0.25) is 0 Å². The molecule has 0 aliphatic carbocycles. The Kier molecular flexibility index (Phi) is 5.42. The highest BCUT2D eigenvalue weighted by atomic mass is 35.5. The van der Waals surface area contributed by atoms with Crippen LogP contribution >= 0.6 is 12.4 Å². The van der Waals surface area contributed by atoms with Crippen molar-refractivity contribution < 1.29 is 17.4 Å². The van der Waals surface area contributed by atoms with E-state index in [1.165, 1.54) is 19.4 Å². The van der Waals surface area contributed by atoms with E-state index in [2.05, 4.69) is 25.1 Å².